The first-order valence-electron chi connectivity index (χ1n) is 11.9. The first kappa shape index (κ1) is 23.5. The lowest BCUT2D eigenvalue weighted by molar-refractivity contribution is -0.110. The van der Waals surface area contributed by atoms with Crippen LogP contribution in [0.4, 0.5) is 11.4 Å². The molecule has 0 bridgehead atoms. The number of nitrogens with zero attached hydrogens (tertiary/aromatic N) is 4. The number of carbonyl (C=O) groups is 1. The maximum atomic E-state index is 12.7. The summed E-state index contributed by atoms with van der Waals surface area (Å²) < 4.78 is 0. The Morgan fingerprint density at radius 1 is 0.784 bits per heavy atom. The van der Waals surface area contributed by atoms with E-state index in [-0.39, 0.29) is 5.78 Å². The third kappa shape index (κ3) is 3.93. The van der Waals surface area contributed by atoms with Gasteiger partial charge in [-0.2, -0.15) is 10.2 Å². The van der Waals surface area contributed by atoms with Crippen LogP contribution in [-0.2, 0) is 9.79 Å². The van der Waals surface area contributed by atoms with Crippen molar-refractivity contribution in [3.8, 4) is 0 Å². The molecular weight excluding hydrogens is 500 g/mol. The molecule has 2 aliphatic heterocycles. The minimum Gasteiger partial charge on any atom is -0.292 e. The standard InChI is InChI=1S/C30H23ClN4OS/c1-20-12-18-25(19-13-20)35-30(37-29(33-35)21(2)36)27-11-7-6-10-26(27)28(22-14-16-23(31)17-15-22)32-34(30)24-8-4-3-5-9-24/h3-19H,1-2H3/t30-/m0/s1. The third-order valence-corrected chi connectivity index (χ3v) is 8.10. The van der Waals surface area contributed by atoms with Gasteiger partial charge in [0.25, 0.3) is 0 Å². The number of Topliss-reactive ketones (excluding diaryl/α,β-unsaturated/α-hetero) is 1. The second kappa shape index (κ2) is 9.21. The van der Waals surface area contributed by atoms with Gasteiger partial charge < -0.3 is 0 Å². The van der Waals surface area contributed by atoms with Crippen LogP contribution < -0.4 is 10.0 Å². The van der Waals surface area contributed by atoms with Gasteiger partial charge >= 0.3 is 0 Å². The van der Waals surface area contributed by atoms with E-state index < -0.39 is 4.99 Å². The Hall–Kier alpha value is -3.87. The SMILES string of the molecule is CC(=O)C1=NN(c2ccc(C)cc2)[C@]2(S1)c1ccccc1C(c1ccc(Cl)cc1)=NN2c1ccccc1. The van der Waals surface area contributed by atoms with Crippen molar-refractivity contribution in [2.24, 2.45) is 10.2 Å². The molecule has 2 heterocycles. The van der Waals surface area contributed by atoms with Crippen molar-refractivity contribution in [1.29, 1.82) is 0 Å². The highest BCUT2D eigenvalue weighted by Gasteiger charge is 2.55. The van der Waals surface area contributed by atoms with Crippen LogP contribution >= 0.6 is 23.4 Å². The van der Waals surface area contributed by atoms with Crippen LogP contribution in [0.3, 0.4) is 0 Å². The smallest absolute Gasteiger partial charge is 0.234 e. The number of thioether (sulfide) groups is 1. The second-order valence-corrected chi connectivity index (χ2v) is 10.6. The topological polar surface area (TPSA) is 48.3 Å². The molecule has 0 aliphatic carbocycles. The molecule has 1 atom stereocenters. The van der Waals surface area contributed by atoms with E-state index >= 15 is 0 Å². The summed E-state index contributed by atoms with van der Waals surface area (Å²) in [4.78, 5) is 11.8. The van der Waals surface area contributed by atoms with Gasteiger partial charge in [0.1, 0.15) is 0 Å². The number of benzene rings is 4. The summed E-state index contributed by atoms with van der Waals surface area (Å²) in [5.74, 6) is -0.0862. The summed E-state index contributed by atoms with van der Waals surface area (Å²) in [7, 11) is 0. The highest BCUT2D eigenvalue weighted by Crippen LogP contribution is 2.55. The van der Waals surface area contributed by atoms with Crippen molar-refractivity contribution >= 4 is 51.3 Å². The molecule has 5 nitrogen and oxygen atoms in total. The van der Waals surface area contributed by atoms with Crippen molar-refractivity contribution in [3.05, 3.63) is 130 Å². The number of rotatable bonds is 4. The molecule has 7 heteroatoms. The van der Waals surface area contributed by atoms with Crippen LogP contribution in [0.15, 0.2) is 113 Å². The van der Waals surface area contributed by atoms with E-state index in [9.17, 15) is 4.79 Å². The molecule has 0 N–H and O–H groups in total. The van der Waals surface area contributed by atoms with Crippen LogP contribution in [0.1, 0.15) is 29.2 Å². The van der Waals surface area contributed by atoms with Gasteiger partial charge in [-0.05, 0) is 55.1 Å². The summed E-state index contributed by atoms with van der Waals surface area (Å²) in [5.41, 5.74) is 6.63. The Labute approximate surface area is 225 Å². The predicted molar refractivity (Wildman–Crippen MR) is 153 cm³/mol. The second-order valence-electron chi connectivity index (χ2n) is 8.97. The van der Waals surface area contributed by atoms with Gasteiger partial charge in [0.05, 0.1) is 17.1 Å². The molecule has 0 unspecified atom stereocenters. The average Bonchev–Trinajstić information content (AvgIpc) is 3.32. The summed E-state index contributed by atoms with van der Waals surface area (Å²) in [6.45, 7) is 3.61. The van der Waals surface area contributed by atoms with Crippen LogP contribution in [0.25, 0.3) is 0 Å². The summed E-state index contributed by atoms with van der Waals surface area (Å²) in [5, 5.41) is 15.2. The van der Waals surface area contributed by atoms with Crippen molar-refractivity contribution in [1.82, 2.24) is 0 Å². The van der Waals surface area contributed by atoms with Gasteiger partial charge in [-0.1, -0.05) is 83.9 Å². The number of carbonyl (C=O) groups excluding carboxylic acids is 1. The van der Waals surface area contributed by atoms with E-state index in [4.69, 9.17) is 21.8 Å². The number of fused-ring (bicyclic) bond motifs is 2. The number of halogens is 1. The zero-order valence-corrected chi connectivity index (χ0v) is 21.9. The number of para-hydroxylation sites is 1. The number of hydrogen-bond acceptors (Lipinski definition) is 6. The molecule has 6 rings (SSSR count). The Bertz CT molecular complexity index is 1550. The maximum Gasteiger partial charge on any atom is 0.234 e. The van der Waals surface area contributed by atoms with Crippen molar-refractivity contribution in [3.63, 3.8) is 0 Å². The zero-order chi connectivity index (χ0) is 25.6. The molecule has 0 fully saturated rings. The van der Waals surface area contributed by atoms with Gasteiger partial charge in [-0.3, -0.25) is 4.79 Å². The summed E-state index contributed by atoms with van der Waals surface area (Å²) in [6, 6.07) is 34.1. The average molecular weight is 523 g/mol. The van der Waals surface area contributed by atoms with Gasteiger partial charge in [-0.15, -0.1) is 0 Å². The lowest BCUT2D eigenvalue weighted by Crippen LogP contribution is -2.54. The lowest BCUT2D eigenvalue weighted by atomic mass is 9.93. The summed E-state index contributed by atoms with van der Waals surface area (Å²) >= 11 is 7.63. The number of hydrogen-bond donors (Lipinski definition) is 0. The number of anilines is 2. The number of hydrazone groups is 2. The molecule has 1 spiro atoms. The van der Waals surface area contributed by atoms with E-state index in [1.807, 2.05) is 88.9 Å². The minimum atomic E-state index is -0.954. The fourth-order valence-electron chi connectivity index (χ4n) is 4.65. The Kier molecular flexibility index (Phi) is 5.86. The maximum absolute atomic E-state index is 12.7. The Balaban J connectivity index is 1.66. The zero-order valence-electron chi connectivity index (χ0n) is 20.3. The molecule has 37 heavy (non-hydrogen) atoms. The molecule has 0 amide bonds. The van der Waals surface area contributed by atoms with Crippen molar-refractivity contribution in [2.45, 2.75) is 18.8 Å². The number of aryl methyl sites for hydroxylation is 1. The van der Waals surface area contributed by atoms with E-state index in [1.165, 1.54) is 11.8 Å². The minimum absolute atomic E-state index is 0.0862. The molecule has 0 radical (unpaired) electrons. The third-order valence-electron chi connectivity index (χ3n) is 6.44. The quantitative estimate of drug-likeness (QED) is 0.284. The monoisotopic (exact) mass is 522 g/mol. The fraction of sp³-hybridized carbons (Fsp3) is 0.100. The highest BCUT2D eigenvalue weighted by atomic mass is 35.5. The molecule has 0 saturated heterocycles. The molecular formula is C30H23ClN4OS. The number of ketones is 1. The summed E-state index contributed by atoms with van der Waals surface area (Å²) in [6.07, 6.45) is 0. The molecule has 0 saturated carbocycles. The lowest BCUT2D eigenvalue weighted by Gasteiger charge is -2.47. The van der Waals surface area contributed by atoms with Gasteiger partial charge in [0.15, 0.2) is 10.8 Å². The van der Waals surface area contributed by atoms with Crippen LogP contribution in [-0.4, -0.2) is 16.5 Å². The van der Waals surface area contributed by atoms with E-state index in [2.05, 4.69) is 31.2 Å². The normalized spacial score (nSPS) is 18.5. The van der Waals surface area contributed by atoms with Crippen LogP contribution in [0, 0.1) is 6.92 Å². The van der Waals surface area contributed by atoms with E-state index in [0.29, 0.717) is 10.1 Å². The molecule has 4 aromatic carbocycles. The predicted octanol–water partition coefficient (Wildman–Crippen LogP) is 7.19. The van der Waals surface area contributed by atoms with Crippen molar-refractivity contribution in [2.75, 3.05) is 10.0 Å². The van der Waals surface area contributed by atoms with Gasteiger partial charge in [0.2, 0.25) is 4.99 Å². The fourth-order valence-corrected chi connectivity index (χ4v) is 6.07. The molecule has 4 aromatic rings. The van der Waals surface area contributed by atoms with Crippen LogP contribution in [0.2, 0.25) is 5.02 Å². The van der Waals surface area contributed by atoms with Crippen molar-refractivity contribution < 1.29 is 4.79 Å². The Morgan fingerprint density at radius 2 is 1.41 bits per heavy atom. The largest absolute Gasteiger partial charge is 0.292 e. The first-order chi connectivity index (χ1) is 18.0. The van der Waals surface area contributed by atoms with E-state index in [0.717, 1.165) is 39.3 Å². The Morgan fingerprint density at radius 3 is 2.11 bits per heavy atom. The molecule has 2 aliphatic rings. The molecule has 182 valence electrons. The van der Waals surface area contributed by atoms with E-state index in [1.54, 1.807) is 6.92 Å². The van der Waals surface area contributed by atoms with Crippen LogP contribution in [0.5, 0.6) is 0 Å². The highest BCUT2D eigenvalue weighted by molar-refractivity contribution is 8.17. The first-order valence-corrected chi connectivity index (χ1v) is 13.1. The van der Waals surface area contributed by atoms with Gasteiger partial charge in [0, 0.05) is 28.6 Å². The van der Waals surface area contributed by atoms with Gasteiger partial charge in [-0.25, -0.2) is 10.0 Å². The molecule has 0 aromatic heterocycles.